The Balaban J connectivity index is 1.75. The zero-order valence-electron chi connectivity index (χ0n) is 16.1. The third-order valence-electron chi connectivity index (χ3n) is 4.28. The van der Waals surface area contributed by atoms with Crippen LogP contribution >= 0.6 is 0 Å². The molecule has 1 heterocycles. The van der Waals surface area contributed by atoms with Gasteiger partial charge >= 0.3 is 0 Å². The summed E-state index contributed by atoms with van der Waals surface area (Å²) in [4.78, 5) is 21.0. The van der Waals surface area contributed by atoms with Gasteiger partial charge in [-0.2, -0.15) is 0 Å². The van der Waals surface area contributed by atoms with E-state index in [0.29, 0.717) is 5.82 Å². The summed E-state index contributed by atoms with van der Waals surface area (Å²) < 4.78 is 0. The second kappa shape index (κ2) is 7.58. The van der Waals surface area contributed by atoms with Crippen LogP contribution in [0.3, 0.4) is 0 Å². The van der Waals surface area contributed by atoms with Crippen molar-refractivity contribution in [2.45, 2.75) is 33.1 Å². The van der Waals surface area contributed by atoms with Gasteiger partial charge in [0.05, 0.1) is 12.4 Å². The number of benzene rings is 2. The lowest BCUT2D eigenvalue weighted by molar-refractivity contribution is 0.102. The summed E-state index contributed by atoms with van der Waals surface area (Å²) in [6, 6.07) is 15.7. The summed E-state index contributed by atoms with van der Waals surface area (Å²) >= 11 is 0. The number of nitrogens with zero attached hydrogens (tertiary/aromatic N) is 2. The minimum atomic E-state index is -0.279. The largest absolute Gasteiger partial charge is 0.339 e. The van der Waals surface area contributed by atoms with Gasteiger partial charge in [-0.25, -0.2) is 9.97 Å². The lowest BCUT2D eigenvalue weighted by atomic mass is 9.86. The number of hydrogen-bond donors (Lipinski definition) is 2. The predicted octanol–water partition coefficient (Wildman–Crippen LogP) is 5.08. The van der Waals surface area contributed by atoms with Gasteiger partial charge in [0.25, 0.3) is 5.91 Å². The third kappa shape index (κ3) is 4.50. The number of amides is 1. The van der Waals surface area contributed by atoms with Crippen molar-refractivity contribution in [3.05, 3.63) is 77.7 Å². The van der Waals surface area contributed by atoms with Crippen LogP contribution in [0.15, 0.2) is 60.9 Å². The van der Waals surface area contributed by atoms with Crippen LogP contribution in [0, 0.1) is 6.92 Å². The minimum Gasteiger partial charge on any atom is -0.339 e. The molecule has 0 saturated carbocycles. The van der Waals surface area contributed by atoms with Crippen LogP contribution in [0.2, 0.25) is 0 Å². The molecular formula is C22H24N4O. The number of para-hydroxylation sites is 2. The van der Waals surface area contributed by atoms with Gasteiger partial charge in [-0.05, 0) is 35.6 Å². The molecule has 27 heavy (non-hydrogen) atoms. The number of anilines is 3. The number of aromatic nitrogens is 2. The molecule has 0 atom stereocenters. The summed E-state index contributed by atoms with van der Waals surface area (Å²) in [6.45, 7) is 8.44. The van der Waals surface area contributed by atoms with Crippen molar-refractivity contribution in [2.75, 3.05) is 10.6 Å². The highest BCUT2D eigenvalue weighted by atomic mass is 16.1. The van der Waals surface area contributed by atoms with E-state index in [9.17, 15) is 4.79 Å². The summed E-state index contributed by atoms with van der Waals surface area (Å²) in [7, 11) is 0. The Labute approximate surface area is 159 Å². The zero-order chi connectivity index (χ0) is 19.4. The molecule has 0 aliphatic heterocycles. The summed E-state index contributed by atoms with van der Waals surface area (Å²) in [5.74, 6) is 0.317. The first kappa shape index (κ1) is 18.6. The van der Waals surface area contributed by atoms with Gasteiger partial charge in [-0.15, -0.1) is 0 Å². The Bertz CT molecular complexity index is 943. The predicted molar refractivity (Wildman–Crippen MR) is 110 cm³/mol. The number of hydrogen-bond acceptors (Lipinski definition) is 4. The molecule has 138 valence electrons. The molecule has 0 aliphatic carbocycles. The van der Waals surface area contributed by atoms with E-state index < -0.39 is 0 Å². The fourth-order valence-electron chi connectivity index (χ4n) is 2.79. The van der Waals surface area contributed by atoms with Crippen molar-refractivity contribution in [1.29, 1.82) is 0 Å². The zero-order valence-corrected chi connectivity index (χ0v) is 16.1. The molecule has 2 N–H and O–H groups in total. The van der Waals surface area contributed by atoms with Crippen LogP contribution in [0.4, 0.5) is 17.2 Å². The molecule has 0 unspecified atom stereocenters. The van der Waals surface area contributed by atoms with Crippen LogP contribution in [0.5, 0.6) is 0 Å². The van der Waals surface area contributed by atoms with Gasteiger partial charge in [0, 0.05) is 11.4 Å². The van der Waals surface area contributed by atoms with Gasteiger partial charge in [0.2, 0.25) is 0 Å². The first-order valence-electron chi connectivity index (χ1n) is 8.90. The fourth-order valence-corrected chi connectivity index (χ4v) is 2.79. The highest BCUT2D eigenvalue weighted by molar-refractivity contribution is 6.03. The summed E-state index contributed by atoms with van der Waals surface area (Å²) in [5.41, 5.74) is 4.21. The third-order valence-corrected chi connectivity index (χ3v) is 4.28. The standard InChI is InChI=1S/C22H24N4O/c1-15-9-5-7-11-17(15)26-21(27)19-13-24-20(14-23-19)25-18-12-8-6-10-16(18)22(2,3)4/h5-14H,1-4H3,(H,24,25)(H,26,27). The monoisotopic (exact) mass is 360 g/mol. The molecule has 1 amide bonds. The molecule has 1 aromatic heterocycles. The first-order valence-corrected chi connectivity index (χ1v) is 8.90. The van der Waals surface area contributed by atoms with Crippen molar-refractivity contribution in [3.8, 4) is 0 Å². The van der Waals surface area contributed by atoms with E-state index in [1.165, 1.54) is 11.8 Å². The minimum absolute atomic E-state index is 0.00436. The van der Waals surface area contributed by atoms with Crippen molar-refractivity contribution < 1.29 is 4.79 Å². The molecule has 0 radical (unpaired) electrons. The summed E-state index contributed by atoms with van der Waals surface area (Å²) in [6.07, 6.45) is 3.06. The Hall–Kier alpha value is -3.21. The Kier molecular flexibility index (Phi) is 5.21. The first-order chi connectivity index (χ1) is 12.8. The molecule has 0 spiro atoms. The second-order valence-corrected chi connectivity index (χ2v) is 7.48. The highest BCUT2D eigenvalue weighted by Gasteiger charge is 2.18. The molecule has 0 fully saturated rings. The fraction of sp³-hybridized carbons (Fsp3) is 0.227. The van der Waals surface area contributed by atoms with E-state index in [1.807, 2.05) is 49.4 Å². The quantitative estimate of drug-likeness (QED) is 0.681. The molecule has 0 saturated heterocycles. The van der Waals surface area contributed by atoms with Gasteiger partial charge in [-0.1, -0.05) is 57.2 Å². The van der Waals surface area contributed by atoms with Crippen LogP contribution in [0.25, 0.3) is 0 Å². The van der Waals surface area contributed by atoms with Gasteiger partial charge < -0.3 is 10.6 Å². The molecule has 5 heteroatoms. The number of nitrogens with one attached hydrogen (secondary N) is 2. The molecule has 0 bridgehead atoms. The maximum absolute atomic E-state index is 12.4. The van der Waals surface area contributed by atoms with Gasteiger partial charge in [0.1, 0.15) is 11.5 Å². The second-order valence-electron chi connectivity index (χ2n) is 7.48. The van der Waals surface area contributed by atoms with E-state index >= 15 is 0 Å². The van der Waals surface area contributed by atoms with Crippen molar-refractivity contribution in [1.82, 2.24) is 9.97 Å². The van der Waals surface area contributed by atoms with E-state index in [4.69, 9.17) is 0 Å². The number of carbonyl (C=O) groups is 1. The van der Waals surface area contributed by atoms with Crippen molar-refractivity contribution in [3.63, 3.8) is 0 Å². The van der Waals surface area contributed by atoms with E-state index in [-0.39, 0.29) is 17.0 Å². The van der Waals surface area contributed by atoms with E-state index in [2.05, 4.69) is 47.4 Å². The van der Waals surface area contributed by atoms with Crippen molar-refractivity contribution in [2.24, 2.45) is 0 Å². The molecular weight excluding hydrogens is 336 g/mol. The maximum Gasteiger partial charge on any atom is 0.275 e. The Morgan fingerprint density at radius 2 is 1.56 bits per heavy atom. The van der Waals surface area contributed by atoms with Crippen LogP contribution in [-0.2, 0) is 5.41 Å². The lowest BCUT2D eigenvalue weighted by Crippen LogP contribution is -2.15. The summed E-state index contributed by atoms with van der Waals surface area (Å²) in [5, 5.41) is 6.16. The highest BCUT2D eigenvalue weighted by Crippen LogP contribution is 2.30. The molecule has 5 nitrogen and oxygen atoms in total. The van der Waals surface area contributed by atoms with Crippen LogP contribution in [-0.4, -0.2) is 15.9 Å². The maximum atomic E-state index is 12.4. The normalized spacial score (nSPS) is 11.1. The lowest BCUT2D eigenvalue weighted by Gasteiger charge is -2.23. The topological polar surface area (TPSA) is 66.9 Å². The molecule has 2 aromatic carbocycles. The smallest absolute Gasteiger partial charge is 0.275 e. The molecule has 0 aliphatic rings. The van der Waals surface area contributed by atoms with E-state index in [0.717, 1.165) is 16.9 Å². The Morgan fingerprint density at radius 3 is 2.19 bits per heavy atom. The molecule has 3 aromatic rings. The van der Waals surface area contributed by atoms with Crippen LogP contribution in [0.1, 0.15) is 42.4 Å². The Morgan fingerprint density at radius 1 is 0.889 bits per heavy atom. The SMILES string of the molecule is Cc1ccccc1NC(=O)c1cnc(Nc2ccccc2C(C)(C)C)cn1. The number of rotatable bonds is 4. The van der Waals surface area contributed by atoms with Crippen molar-refractivity contribution >= 4 is 23.1 Å². The van der Waals surface area contributed by atoms with Gasteiger partial charge in [0.15, 0.2) is 0 Å². The van der Waals surface area contributed by atoms with E-state index in [1.54, 1.807) is 6.20 Å². The molecule has 3 rings (SSSR count). The average molecular weight is 360 g/mol. The number of carbonyl (C=O) groups excluding carboxylic acids is 1. The van der Waals surface area contributed by atoms with Gasteiger partial charge in [-0.3, -0.25) is 4.79 Å². The van der Waals surface area contributed by atoms with Crippen LogP contribution < -0.4 is 10.6 Å². The number of aryl methyl sites for hydroxylation is 1. The average Bonchev–Trinajstić information content (AvgIpc) is 2.64.